The lowest BCUT2D eigenvalue weighted by Gasteiger charge is -2.33. The van der Waals surface area contributed by atoms with E-state index in [2.05, 4.69) is 6.58 Å². The average molecular weight is 306 g/mol. The zero-order chi connectivity index (χ0) is 15.7. The minimum Gasteiger partial charge on any atom is -0.370 e. The lowest BCUT2D eigenvalue weighted by atomic mass is 9.83. The van der Waals surface area contributed by atoms with E-state index in [-0.39, 0.29) is 24.8 Å². The first-order valence-corrected chi connectivity index (χ1v) is 8.02. The van der Waals surface area contributed by atoms with Gasteiger partial charge in [-0.2, -0.15) is 0 Å². The Bertz CT molecular complexity index is 510. The fourth-order valence-corrected chi connectivity index (χ4v) is 3.79. The van der Waals surface area contributed by atoms with E-state index in [1.807, 2.05) is 0 Å². The summed E-state index contributed by atoms with van der Waals surface area (Å²) in [5, 5.41) is 0. The molecule has 3 fully saturated rings. The van der Waals surface area contributed by atoms with Gasteiger partial charge in [-0.3, -0.25) is 19.4 Å². The molecule has 0 aromatic carbocycles. The van der Waals surface area contributed by atoms with Gasteiger partial charge in [0.2, 0.25) is 0 Å². The third-order valence-corrected chi connectivity index (χ3v) is 4.94. The number of rotatable bonds is 4. The molecule has 1 spiro atoms. The SMILES string of the molecule is C=CCN1C(=O)C(=O)N(C[C@@H]2CCC3(CCCCC3)O2)C1=O. The van der Waals surface area contributed by atoms with Crippen molar-refractivity contribution >= 4 is 17.8 Å². The molecule has 0 aromatic heterocycles. The molecule has 0 aromatic rings. The van der Waals surface area contributed by atoms with Gasteiger partial charge in [0.05, 0.1) is 18.2 Å². The molecule has 4 amide bonds. The Kier molecular flexibility index (Phi) is 4.04. The number of carbonyl (C=O) groups is 3. The molecule has 0 bridgehead atoms. The van der Waals surface area contributed by atoms with Crippen LogP contribution in [0.5, 0.6) is 0 Å². The van der Waals surface area contributed by atoms with E-state index < -0.39 is 17.8 Å². The summed E-state index contributed by atoms with van der Waals surface area (Å²) < 4.78 is 6.18. The Morgan fingerprint density at radius 3 is 2.45 bits per heavy atom. The summed E-state index contributed by atoms with van der Waals surface area (Å²) in [6.45, 7) is 3.75. The van der Waals surface area contributed by atoms with E-state index in [1.165, 1.54) is 25.3 Å². The molecular weight excluding hydrogens is 284 g/mol. The number of carbonyl (C=O) groups excluding carboxylic acids is 3. The summed E-state index contributed by atoms with van der Waals surface area (Å²) in [6.07, 6.45) is 8.85. The number of urea groups is 1. The van der Waals surface area contributed by atoms with Crippen LogP contribution < -0.4 is 0 Å². The Labute approximate surface area is 130 Å². The van der Waals surface area contributed by atoms with Crippen molar-refractivity contribution in [3.05, 3.63) is 12.7 Å². The summed E-state index contributed by atoms with van der Waals surface area (Å²) >= 11 is 0. The van der Waals surface area contributed by atoms with Gasteiger partial charge >= 0.3 is 17.8 Å². The Hall–Kier alpha value is -1.69. The number of imide groups is 2. The van der Waals surface area contributed by atoms with Crippen molar-refractivity contribution in [1.29, 1.82) is 0 Å². The molecule has 22 heavy (non-hydrogen) atoms. The van der Waals surface area contributed by atoms with Gasteiger partial charge in [-0.05, 0) is 25.7 Å². The molecule has 2 heterocycles. The zero-order valence-electron chi connectivity index (χ0n) is 12.8. The highest BCUT2D eigenvalue weighted by atomic mass is 16.5. The lowest BCUT2D eigenvalue weighted by molar-refractivity contribution is -0.144. The predicted octanol–water partition coefficient (Wildman–Crippen LogP) is 1.85. The first-order chi connectivity index (χ1) is 10.6. The zero-order valence-corrected chi connectivity index (χ0v) is 12.8. The van der Waals surface area contributed by atoms with Crippen LogP contribution in [0.2, 0.25) is 0 Å². The van der Waals surface area contributed by atoms with Crippen LogP contribution in [0.25, 0.3) is 0 Å². The average Bonchev–Trinajstić information content (AvgIpc) is 2.99. The van der Waals surface area contributed by atoms with Gasteiger partial charge in [-0.25, -0.2) is 4.79 Å². The second-order valence-corrected chi connectivity index (χ2v) is 6.42. The highest BCUT2D eigenvalue weighted by Gasteiger charge is 2.47. The van der Waals surface area contributed by atoms with E-state index in [9.17, 15) is 14.4 Å². The van der Waals surface area contributed by atoms with Gasteiger partial charge in [0.15, 0.2) is 0 Å². The van der Waals surface area contributed by atoms with Gasteiger partial charge in [0.1, 0.15) is 0 Å². The highest BCUT2D eigenvalue weighted by molar-refractivity contribution is 6.44. The van der Waals surface area contributed by atoms with Crippen molar-refractivity contribution in [1.82, 2.24) is 9.80 Å². The molecule has 3 rings (SSSR count). The normalized spacial score (nSPS) is 28.0. The number of hydrogen-bond acceptors (Lipinski definition) is 4. The summed E-state index contributed by atoms with van der Waals surface area (Å²) in [5.74, 6) is -1.52. The maximum atomic E-state index is 12.2. The van der Waals surface area contributed by atoms with Crippen LogP contribution in [0.1, 0.15) is 44.9 Å². The molecule has 3 aliphatic rings. The van der Waals surface area contributed by atoms with Crippen LogP contribution in [0, 0.1) is 0 Å². The van der Waals surface area contributed by atoms with Gasteiger partial charge in [0, 0.05) is 6.54 Å². The smallest absolute Gasteiger partial charge is 0.334 e. The maximum Gasteiger partial charge on any atom is 0.334 e. The number of ether oxygens (including phenoxy) is 1. The summed E-state index contributed by atoms with van der Waals surface area (Å²) in [6, 6.07) is -0.553. The fraction of sp³-hybridized carbons (Fsp3) is 0.688. The molecule has 120 valence electrons. The molecule has 0 N–H and O–H groups in total. The molecule has 2 aliphatic heterocycles. The van der Waals surface area contributed by atoms with Gasteiger partial charge in [-0.15, -0.1) is 6.58 Å². The van der Waals surface area contributed by atoms with Crippen LogP contribution in [0.3, 0.4) is 0 Å². The van der Waals surface area contributed by atoms with Crippen molar-refractivity contribution in [2.45, 2.75) is 56.7 Å². The van der Waals surface area contributed by atoms with Crippen molar-refractivity contribution in [3.63, 3.8) is 0 Å². The molecule has 0 radical (unpaired) electrons. The second-order valence-electron chi connectivity index (χ2n) is 6.42. The largest absolute Gasteiger partial charge is 0.370 e. The number of nitrogens with zero attached hydrogens (tertiary/aromatic N) is 2. The third-order valence-electron chi connectivity index (χ3n) is 4.94. The molecule has 1 saturated carbocycles. The first kappa shape index (κ1) is 15.2. The third kappa shape index (κ3) is 2.56. The summed E-state index contributed by atoms with van der Waals surface area (Å²) in [4.78, 5) is 37.9. The minimum atomic E-state index is -0.768. The number of amides is 4. The number of hydrogen-bond donors (Lipinski definition) is 0. The first-order valence-electron chi connectivity index (χ1n) is 8.02. The van der Waals surface area contributed by atoms with Crippen molar-refractivity contribution in [2.75, 3.05) is 13.1 Å². The monoisotopic (exact) mass is 306 g/mol. The van der Waals surface area contributed by atoms with E-state index in [0.29, 0.717) is 0 Å². The van der Waals surface area contributed by atoms with E-state index in [1.54, 1.807) is 0 Å². The molecule has 1 atom stereocenters. The van der Waals surface area contributed by atoms with Gasteiger partial charge in [0.25, 0.3) is 0 Å². The fourth-order valence-electron chi connectivity index (χ4n) is 3.79. The van der Waals surface area contributed by atoms with E-state index in [4.69, 9.17) is 4.74 Å². The van der Waals surface area contributed by atoms with Gasteiger partial charge < -0.3 is 4.74 Å². The second kappa shape index (κ2) is 5.83. The van der Waals surface area contributed by atoms with Gasteiger partial charge in [-0.1, -0.05) is 25.3 Å². The lowest BCUT2D eigenvalue weighted by Crippen LogP contribution is -2.40. The molecule has 0 unspecified atom stereocenters. The van der Waals surface area contributed by atoms with Crippen LogP contribution in [-0.2, 0) is 14.3 Å². The van der Waals surface area contributed by atoms with E-state index >= 15 is 0 Å². The van der Waals surface area contributed by atoms with Crippen LogP contribution in [0.15, 0.2) is 12.7 Å². The standard InChI is InChI=1S/C16H22N2O4/c1-2-10-17-13(19)14(20)18(15(17)21)11-12-6-9-16(22-12)7-4-3-5-8-16/h2,12H,1,3-11H2/t12-/m0/s1. The molecule has 6 heteroatoms. The van der Waals surface area contributed by atoms with Crippen LogP contribution >= 0.6 is 0 Å². The predicted molar refractivity (Wildman–Crippen MR) is 78.9 cm³/mol. The molecular formula is C16H22N2O4. The quantitative estimate of drug-likeness (QED) is 0.451. The maximum absolute atomic E-state index is 12.2. The van der Waals surface area contributed by atoms with Crippen molar-refractivity contribution in [2.24, 2.45) is 0 Å². The molecule has 6 nitrogen and oxygen atoms in total. The topological polar surface area (TPSA) is 66.9 Å². The summed E-state index contributed by atoms with van der Waals surface area (Å²) in [7, 11) is 0. The summed E-state index contributed by atoms with van der Waals surface area (Å²) in [5.41, 5.74) is -0.0560. The Morgan fingerprint density at radius 2 is 1.77 bits per heavy atom. The molecule has 2 saturated heterocycles. The van der Waals surface area contributed by atoms with Crippen molar-refractivity contribution in [3.8, 4) is 0 Å². The molecule has 1 aliphatic carbocycles. The highest BCUT2D eigenvalue weighted by Crippen LogP contribution is 2.42. The van der Waals surface area contributed by atoms with Crippen LogP contribution in [0.4, 0.5) is 4.79 Å². The Morgan fingerprint density at radius 1 is 1.09 bits per heavy atom. The van der Waals surface area contributed by atoms with E-state index in [0.717, 1.165) is 35.5 Å². The van der Waals surface area contributed by atoms with Crippen molar-refractivity contribution < 1.29 is 19.1 Å². The Balaban J connectivity index is 1.64. The minimum absolute atomic E-state index is 0.0560. The van der Waals surface area contributed by atoms with Crippen LogP contribution in [-0.4, -0.2) is 52.4 Å².